The highest BCUT2D eigenvalue weighted by Crippen LogP contribution is 2.16. The summed E-state index contributed by atoms with van der Waals surface area (Å²) in [5.74, 6) is 0. The van der Waals surface area contributed by atoms with Crippen molar-refractivity contribution in [3.63, 3.8) is 0 Å². The molecule has 0 spiro atoms. The SMILES string of the molecule is CNCc1cccc(COCc2ccccc2Cl)c1. The van der Waals surface area contributed by atoms with Crippen LogP contribution < -0.4 is 5.32 Å². The van der Waals surface area contributed by atoms with Gasteiger partial charge in [0.2, 0.25) is 0 Å². The van der Waals surface area contributed by atoms with Crippen LogP contribution in [0.5, 0.6) is 0 Å². The third-order valence-corrected chi connectivity index (χ3v) is 3.23. The molecule has 0 saturated heterocycles. The molecule has 0 aliphatic rings. The number of rotatable bonds is 6. The Morgan fingerprint density at radius 2 is 1.79 bits per heavy atom. The summed E-state index contributed by atoms with van der Waals surface area (Å²) in [6, 6.07) is 16.2. The maximum absolute atomic E-state index is 6.08. The van der Waals surface area contributed by atoms with Gasteiger partial charge in [0.25, 0.3) is 0 Å². The van der Waals surface area contributed by atoms with Gasteiger partial charge in [0, 0.05) is 11.6 Å². The average Bonchev–Trinajstić information content (AvgIpc) is 2.42. The minimum Gasteiger partial charge on any atom is -0.372 e. The lowest BCUT2D eigenvalue weighted by atomic mass is 10.1. The zero-order valence-electron chi connectivity index (χ0n) is 11.0. The van der Waals surface area contributed by atoms with Crippen molar-refractivity contribution in [1.29, 1.82) is 0 Å². The van der Waals surface area contributed by atoms with E-state index < -0.39 is 0 Å². The normalized spacial score (nSPS) is 10.6. The predicted molar refractivity (Wildman–Crippen MR) is 79.2 cm³/mol. The summed E-state index contributed by atoms with van der Waals surface area (Å²) in [4.78, 5) is 0. The first-order chi connectivity index (χ1) is 9.29. The van der Waals surface area contributed by atoms with Crippen LogP contribution >= 0.6 is 11.6 Å². The first-order valence-electron chi connectivity index (χ1n) is 6.33. The molecule has 2 aromatic carbocycles. The average molecular weight is 276 g/mol. The van der Waals surface area contributed by atoms with Crippen molar-refractivity contribution in [3.8, 4) is 0 Å². The van der Waals surface area contributed by atoms with E-state index in [-0.39, 0.29) is 0 Å². The van der Waals surface area contributed by atoms with Gasteiger partial charge < -0.3 is 10.1 Å². The van der Waals surface area contributed by atoms with Gasteiger partial charge in [-0.15, -0.1) is 0 Å². The Hall–Kier alpha value is -1.35. The fourth-order valence-corrected chi connectivity index (χ4v) is 2.12. The molecule has 19 heavy (non-hydrogen) atoms. The monoisotopic (exact) mass is 275 g/mol. The lowest BCUT2D eigenvalue weighted by Crippen LogP contribution is -2.05. The van der Waals surface area contributed by atoms with Crippen LogP contribution in [-0.4, -0.2) is 7.05 Å². The summed E-state index contributed by atoms with van der Waals surface area (Å²) < 4.78 is 5.71. The molecule has 0 aliphatic carbocycles. The van der Waals surface area contributed by atoms with E-state index in [2.05, 4.69) is 29.6 Å². The highest BCUT2D eigenvalue weighted by molar-refractivity contribution is 6.31. The summed E-state index contributed by atoms with van der Waals surface area (Å²) in [6.07, 6.45) is 0. The van der Waals surface area contributed by atoms with E-state index in [4.69, 9.17) is 16.3 Å². The van der Waals surface area contributed by atoms with Gasteiger partial charge in [-0.1, -0.05) is 54.1 Å². The minimum atomic E-state index is 0.538. The standard InChI is InChI=1S/C16H18ClNO/c1-18-10-13-5-4-6-14(9-13)11-19-12-15-7-2-3-8-16(15)17/h2-9,18H,10-12H2,1H3. The summed E-state index contributed by atoms with van der Waals surface area (Å²) >= 11 is 6.08. The highest BCUT2D eigenvalue weighted by atomic mass is 35.5. The van der Waals surface area contributed by atoms with Gasteiger partial charge in [-0.05, 0) is 29.8 Å². The van der Waals surface area contributed by atoms with Crippen molar-refractivity contribution in [2.75, 3.05) is 7.05 Å². The summed E-state index contributed by atoms with van der Waals surface area (Å²) in [7, 11) is 1.95. The zero-order valence-corrected chi connectivity index (χ0v) is 11.8. The third-order valence-electron chi connectivity index (χ3n) is 2.86. The second-order valence-corrected chi connectivity index (χ2v) is 4.84. The molecule has 0 saturated carbocycles. The van der Waals surface area contributed by atoms with Crippen molar-refractivity contribution < 1.29 is 4.74 Å². The first kappa shape index (κ1) is 14.1. The van der Waals surface area contributed by atoms with Crippen LogP contribution in [0.15, 0.2) is 48.5 Å². The molecular weight excluding hydrogens is 258 g/mol. The summed E-state index contributed by atoms with van der Waals surface area (Å²) in [5, 5.41) is 3.90. The molecule has 2 aromatic rings. The molecule has 2 nitrogen and oxygen atoms in total. The fraction of sp³-hybridized carbons (Fsp3) is 0.250. The topological polar surface area (TPSA) is 21.3 Å². The molecule has 100 valence electrons. The van der Waals surface area contributed by atoms with Gasteiger partial charge in [0.15, 0.2) is 0 Å². The number of ether oxygens (including phenoxy) is 1. The molecule has 0 radical (unpaired) electrons. The van der Waals surface area contributed by atoms with Gasteiger partial charge in [0.05, 0.1) is 13.2 Å². The number of hydrogen-bond acceptors (Lipinski definition) is 2. The van der Waals surface area contributed by atoms with E-state index >= 15 is 0 Å². The third kappa shape index (κ3) is 4.35. The second kappa shape index (κ2) is 7.29. The highest BCUT2D eigenvalue weighted by Gasteiger charge is 2.00. The predicted octanol–water partition coefficient (Wildman–Crippen LogP) is 3.78. The molecule has 0 aliphatic heterocycles. The van der Waals surface area contributed by atoms with Crippen LogP contribution in [0.2, 0.25) is 5.02 Å². The van der Waals surface area contributed by atoms with Gasteiger partial charge in [-0.3, -0.25) is 0 Å². The van der Waals surface area contributed by atoms with Crippen molar-refractivity contribution in [1.82, 2.24) is 5.32 Å². The van der Waals surface area contributed by atoms with Crippen LogP contribution in [0.3, 0.4) is 0 Å². The Balaban J connectivity index is 1.89. The van der Waals surface area contributed by atoms with Crippen LogP contribution in [0.1, 0.15) is 16.7 Å². The van der Waals surface area contributed by atoms with Crippen molar-refractivity contribution in [2.24, 2.45) is 0 Å². The minimum absolute atomic E-state index is 0.538. The van der Waals surface area contributed by atoms with Gasteiger partial charge in [-0.2, -0.15) is 0 Å². The first-order valence-corrected chi connectivity index (χ1v) is 6.71. The molecule has 0 unspecified atom stereocenters. The van der Waals surface area contributed by atoms with Crippen molar-refractivity contribution in [3.05, 3.63) is 70.2 Å². The number of hydrogen-bond donors (Lipinski definition) is 1. The summed E-state index contributed by atoms with van der Waals surface area (Å²) in [5.41, 5.74) is 3.47. The fourth-order valence-electron chi connectivity index (χ4n) is 1.93. The molecule has 0 aromatic heterocycles. The molecule has 0 atom stereocenters. The van der Waals surface area contributed by atoms with Gasteiger partial charge in [0.1, 0.15) is 0 Å². The Kier molecular flexibility index (Phi) is 5.40. The Morgan fingerprint density at radius 1 is 1.00 bits per heavy atom. The van der Waals surface area contributed by atoms with Crippen LogP contribution in [0, 0.1) is 0 Å². The Morgan fingerprint density at radius 3 is 2.58 bits per heavy atom. The van der Waals surface area contributed by atoms with Crippen LogP contribution in [-0.2, 0) is 24.5 Å². The number of halogens is 1. The van der Waals surface area contributed by atoms with Crippen molar-refractivity contribution >= 4 is 11.6 Å². The molecule has 0 heterocycles. The second-order valence-electron chi connectivity index (χ2n) is 4.43. The maximum Gasteiger partial charge on any atom is 0.0735 e. The number of benzene rings is 2. The van der Waals surface area contributed by atoms with E-state index in [9.17, 15) is 0 Å². The molecule has 3 heteroatoms. The van der Waals surface area contributed by atoms with Crippen LogP contribution in [0.4, 0.5) is 0 Å². The zero-order chi connectivity index (χ0) is 13.5. The van der Waals surface area contributed by atoms with E-state index in [1.807, 2.05) is 31.3 Å². The molecule has 0 amide bonds. The largest absolute Gasteiger partial charge is 0.372 e. The Labute approximate surface area is 119 Å². The van der Waals surface area contributed by atoms with E-state index in [1.54, 1.807) is 0 Å². The van der Waals surface area contributed by atoms with Gasteiger partial charge in [-0.25, -0.2) is 0 Å². The molecule has 0 bridgehead atoms. The van der Waals surface area contributed by atoms with E-state index in [1.165, 1.54) is 11.1 Å². The van der Waals surface area contributed by atoms with E-state index in [0.29, 0.717) is 13.2 Å². The maximum atomic E-state index is 6.08. The van der Waals surface area contributed by atoms with E-state index in [0.717, 1.165) is 17.1 Å². The summed E-state index contributed by atoms with van der Waals surface area (Å²) in [6.45, 7) is 2.01. The lowest BCUT2D eigenvalue weighted by Gasteiger charge is -2.07. The smallest absolute Gasteiger partial charge is 0.0735 e. The van der Waals surface area contributed by atoms with Crippen LogP contribution in [0.25, 0.3) is 0 Å². The molecular formula is C16H18ClNO. The quantitative estimate of drug-likeness (QED) is 0.866. The van der Waals surface area contributed by atoms with Crippen molar-refractivity contribution in [2.45, 2.75) is 19.8 Å². The number of nitrogens with one attached hydrogen (secondary N) is 1. The molecule has 0 fully saturated rings. The Bertz CT molecular complexity index is 528. The van der Waals surface area contributed by atoms with Gasteiger partial charge >= 0.3 is 0 Å². The molecule has 2 rings (SSSR count). The molecule has 1 N–H and O–H groups in total. The lowest BCUT2D eigenvalue weighted by molar-refractivity contribution is 0.107.